The van der Waals surface area contributed by atoms with E-state index < -0.39 is 0 Å². The van der Waals surface area contributed by atoms with Gasteiger partial charge < -0.3 is 15.4 Å². The van der Waals surface area contributed by atoms with Gasteiger partial charge in [-0.05, 0) is 17.8 Å². The number of fused-ring (bicyclic) bond motifs is 1. The molecule has 0 saturated carbocycles. The number of amides is 2. The summed E-state index contributed by atoms with van der Waals surface area (Å²) in [6.45, 7) is 10.4. The maximum atomic E-state index is 12.1. The van der Waals surface area contributed by atoms with E-state index in [2.05, 4.69) is 48.4 Å². The van der Waals surface area contributed by atoms with Crippen molar-refractivity contribution in [3.05, 3.63) is 11.6 Å². The molecule has 0 fully saturated rings. The molecule has 0 unspecified atom stereocenters. The van der Waals surface area contributed by atoms with Crippen LogP contribution in [0.1, 0.15) is 45.8 Å². The molecule has 1 aliphatic rings. The minimum atomic E-state index is -0.107. The van der Waals surface area contributed by atoms with Crippen LogP contribution in [0.5, 0.6) is 0 Å². The van der Waals surface area contributed by atoms with Crippen molar-refractivity contribution in [1.29, 1.82) is 0 Å². The second-order valence-corrected chi connectivity index (χ2v) is 7.27. The van der Waals surface area contributed by atoms with Crippen LogP contribution in [0.25, 0.3) is 0 Å². The zero-order chi connectivity index (χ0) is 17.0. The molecule has 1 atom stereocenters. The van der Waals surface area contributed by atoms with Crippen LogP contribution in [-0.4, -0.2) is 40.5 Å². The number of urea groups is 1. The van der Waals surface area contributed by atoms with E-state index in [0.29, 0.717) is 31.4 Å². The topological polar surface area (TPSA) is 81.1 Å². The summed E-state index contributed by atoms with van der Waals surface area (Å²) in [6, 6.07) is -0.0221. The Hall–Kier alpha value is -1.63. The number of carbonyl (C=O) groups excluding carboxylic acids is 1. The van der Waals surface area contributed by atoms with E-state index in [0.717, 1.165) is 18.7 Å². The van der Waals surface area contributed by atoms with E-state index >= 15 is 0 Å². The molecule has 130 valence electrons. The molecule has 0 aromatic carbocycles. The lowest BCUT2D eigenvalue weighted by Gasteiger charge is -2.30. The van der Waals surface area contributed by atoms with Gasteiger partial charge in [0.15, 0.2) is 5.82 Å². The molecule has 0 bridgehead atoms. The smallest absolute Gasteiger partial charge is 0.315 e. The van der Waals surface area contributed by atoms with Crippen LogP contribution in [-0.2, 0) is 24.3 Å². The van der Waals surface area contributed by atoms with Crippen LogP contribution in [0.3, 0.4) is 0 Å². The Morgan fingerprint density at radius 1 is 1.48 bits per heavy atom. The first-order valence-corrected chi connectivity index (χ1v) is 8.27. The lowest BCUT2D eigenvalue weighted by Crippen LogP contribution is -2.48. The van der Waals surface area contributed by atoms with E-state index in [-0.39, 0.29) is 17.5 Å². The molecular formula is C16H29N5O2. The van der Waals surface area contributed by atoms with Gasteiger partial charge in [-0.2, -0.15) is 5.10 Å². The number of ether oxygens (including phenoxy) is 1. The summed E-state index contributed by atoms with van der Waals surface area (Å²) in [5, 5.41) is 10.4. The first-order chi connectivity index (χ1) is 10.8. The van der Waals surface area contributed by atoms with Crippen LogP contribution >= 0.6 is 0 Å². The van der Waals surface area contributed by atoms with Gasteiger partial charge in [0, 0.05) is 20.1 Å². The molecule has 1 aromatic rings. The van der Waals surface area contributed by atoms with Crippen LogP contribution in [0.2, 0.25) is 0 Å². The fourth-order valence-corrected chi connectivity index (χ4v) is 2.42. The summed E-state index contributed by atoms with van der Waals surface area (Å²) in [5.74, 6) is 2.18. The van der Waals surface area contributed by atoms with Crippen molar-refractivity contribution in [1.82, 2.24) is 25.4 Å². The normalized spacial score (nSPS) is 17.9. The summed E-state index contributed by atoms with van der Waals surface area (Å²) >= 11 is 0. The fourth-order valence-electron chi connectivity index (χ4n) is 2.42. The first-order valence-electron chi connectivity index (χ1n) is 8.27. The van der Waals surface area contributed by atoms with Gasteiger partial charge in [0.25, 0.3) is 0 Å². The minimum absolute atomic E-state index is 0.0814. The van der Waals surface area contributed by atoms with Gasteiger partial charge in [-0.3, -0.25) is 0 Å². The Kier molecular flexibility index (Phi) is 5.62. The van der Waals surface area contributed by atoms with Crippen molar-refractivity contribution in [3.63, 3.8) is 0 Å². The van der Waals surface area contributed by atoms with Gasteiger partial charge in [-0.1, -0.05) is 27.7 Å². The van der Waals surface area contributed by atoms with Crippen LogP contribution in [0.4, 0.5) is 4.79 Å². The molecular weight excluding hydrogens is 294 g/mol. The second-order valence-electron chi connectivity index (χ2n) is 7.27. The van der Waals surface area contributed by atoms with Gasteiger partial charge in [0.1, 0.15) is 12.4 Å². The zero-order valence-electron chi connectivity index (χ0n) is 14.8. The Bertz CT molecular complexity index is 539. The number of nitrogens with zero attached hydrogens (tertiary/aromatic N) is 3. The third-order valence-electron chi connectivity index (χ3n) is 4.78. The molecule has 2 rings (SSSR count). The third-order valence-corrected chi connectivity index (χ3v) is 4.78. The highest BCUT2D eigenvalue weighted by atomic mass is 16.5. The minimum Gasteiger partial charge on any atom is -0.377 e. The van der Waals surface area contributed by atoms with Crippen molar-refractivity contribution in [2.45, 2.75) is 59.7 Å². The maximum absolute atomic E-state index is 12.1. The predicted molar refractivity (Wildman–Crippen MR) is 88.0 cm³/mol. The molecule has 0 saturated heterocycles. The Labute approximate surface area is 138 Å². The van der Waals surface area contributed by atoms with Crippen molar-refractivity contribution >= 4 is 6.03 Å². The van der Waals surface area contributed by atoms with Gasteiger partial charge in [-0.15, -0.1) is 0 Å². The molecule has 0 spiro atoms. The number of hydrogen-bond acceptors (Lipinski definition) is 4. The van der Waals surface area contributed by atoms with E-state index in [1.54, 1.807) is 7.11 Å². The highest BCUT2D eigenvalue weighted by Crippen LogP contribution is 2.24. The lowest BCUT2D eigenvalue weighted by molar-refractivity contribution is 0.177. The Morgan fingerprint density at radius 2 is 2.22 bits per heavy atom. The van der Waals surface area contributed by atoms with Crippen molar-refractivity contribution in [3.8, 4) is 0 Å². The van der Waals surface area contributed by atoms with E-state index in [4.69, 9.17) is 4.74 Å². The Balaban J connectivity index is 1.83. The van der Waals surface area contributed by atoms with Crippen LogP contribution < -0.4 is 10.6 Å². The van der Waals surface area contributed by atoms with Crippen molar-refractivity contribution in [2.75, 3.05) is 13.7 Å². The number of carbonyl (C=O) groups is 1. The highest BCUT2D eigenvalue weighted by Gasteiger charge is 2.25. The van der Waals surface area contributed by atoms with Crippen molar-refractivity contribution in [2.24, 2.45) is 11.3 Å². The zero-order valence-corrected chi connectivity index (χ0v) is 14.8. The van der Waals surface area contributed by atoms with Crippen LogP contribution in [0.15, 0.2) is 0 Å². The van der Waals surface area contributed by atoms with Gasteiger partial charge >= 0.3 is 6.03 Å². The summed E-state index contributed by atoms with van der Waals surface area (Å²) in [4.78, 5) is 16.6. The molecule has 23 heavy (non-hydrogen) atoms. The fraction of sp³-hybridized carbons (Fsp3) is 0.812. The number of hydrogen-bond donors (Lipinski definition) is 2. The summed E-state index contributed by atoms with van der Waals surface area (Å²) in [5.41, 5.74) is 0.0814. The molecule has 7 nitrogen and oxygen atoms in total. The molecule has 2 amide bonds. The number of rotatable bonds is 6. The molecule has 0 aliphatic carbocycles. The van der Waals surface area contributed by atoms with Crippen LogP contribution in [0, 0.1) is 11.3 Å². The average Bonchev–Trinajstić information content (AvgIpc) is 2.87. The number of aryl methyl sites for hydroxylation is 1. The number of nitrogens with one attached hydrogen (secondary N) is 2. The standard InChI is InChI=1S/C16H29N5O2/c1-11(2)16(3,4)10-17-15(22)18-12-6-7-14-19-13(9-23-5)20-21(14)8-12/h11-12H,6-10H2,1-5H3,(H2,17,18,22)/t12-/m0/s1. The average molecular weight is 323 g/mol. The molecule has 0 radical (unpaired) electrons. The van der Waals surface area contributed by atoms with E-state index in [9.17, 15) is 4.79 Å². The first kappa shape index (κ1) is 17.7. The summed E-state index contributed by atoms with van der Waals surface area (Å²) in [6.07, 6.45) is 1.70. The molecule has 1 aromatic heterocycles. The summed E-state index contributed by atoms with van der Waals surface area (Å²) in [7, 11) is 1.63. The van der Waals surface area contributed by atoms with Gasteiger partial charge in [-0.25, -0.2) is 14.5 Å². The molecule has 2 N–H and O–H groups in total. The van der Waals surface area contributed by atoms with Crippen molar-refractivity contribution < 1.29 is 9.53 Å². The largest absolute Gasteiger partial charge is 0.377 e. The predicted octanol–water partition coefficient (Wildman–Crippen LogP) is 1.72. The van der Waals surface area contributed by atoms with E-state index in [1.165, 1.54) is 0 Å². The Morgan fingerprint density at radius 3 is 2.87 bits per heavy atom. The number of aromatic nitrogens is 3. The summed E-state index contributed by atoms with van der Waals surface area (Å²) < 4.78 is 6.94. The molecule has 1 aliphatic heterocycles. The van der Waals surface area contributed by atoms with Gasteiger partial charge in [0.05, 0.1) is 12.6 Å². The van der Waals surface area contributed by atoms with E-state index in [1.807, 2.05) is 4.68 Å². The maximum Gasteiger partial charge on any atom is 0.315 e. The highest BCUT2D eigenvalue weighted by molar-refractivity contribution is 5.74. The van der Waals surface area contributed by atoms with Gasteiger partial charge in [0.2, 0.25) is 0 Å². The monoisotopic (exact) mass is 323 g/mol. The molecule has 2 heterocycles. The number of methoxy groups -OCH3 is 1. The second kappa shape index (κ2) is 7.29. The molecule has 7 heteroatoms. The SMILES string of the molecule is COCc1nc2n(n1)C[C@@H](NC(=O)NCC(C)(C)C(C)C)CC2. The quantitative estimate of drug-likeness (QED) is 0.835. The third kappa shape index (κ3) is 4.67. The lowest BCUT2D eigenvalue weighted by atomic mass is 9.81.